The molecule has 0 unspecified atom stereocenters. The molecule has 0 aliphatic heterocycles. The van der Waals surface area contributed by atoms with Gasteiger partial charge in [-0.05, 0) is 47.5 Å². The van der Waals surface area contributed by atoms with Crippen molar-refractivity contribution in [2.45, 2.75) is 0 Å². The Kier molecular flexibility index (Phi) is 5.34. The molecule has 0 radical (unpaired) electrons. The minimum absolute atomic E-state index is 0.252. The van der Waals surface area contributed by atoms with E-state index in [1.165, 1.54) is 5.56 Å². The molecule has 0 saturated carbocycles. The summed E-state index contributed by atoms with van der Waals surface area (Å²) in [5.74, 6) is 0.486. The van der Waals surface area contributed by atoms with E-state index in [0.29, 0.717) is 11.4 Å². The molecule has 0 bridgehead atoms. The molecule has 3 aromatic carbocycles. The predicted molar refractivity (Wildman–Crippen MR) is 116 cm³/mol. The number of pyridine rings is 1. The first-order chi connectivity index (χ1) is 14.2. The maximum atomic E-state index is 12.6. The van der Waals surface area contributed by atoms with Crippen LogP contribution in [-0.2, 0) is 0 Å². The molecule has 0 saturated heterocycles. The molecule has 0 spiro atoms. The van der Waals surface area contributed by atoms with Gasteiger partial charge in [-0.25, -0.2) is 4.98 Å². The van der Waals surface area contributed by atoms with Crippen LogP contribution in [0.4, 0.5) is 5.69 Å². The fourth-order valence-electron chi connectivity index (χ4n) is 3.06. The van der Waals surface area contributed by atoms with Gasteiger partial charge in [0.25, 0.3) is 5.91 Å². The molecule has 4 nitrogen and oxygen atoms in total. The van der Waals surface area contributed by atoms with E-state index in [0.717, 1.165) is 22.6 Å². The van der Waals surface area contributed by atoms with Gasteiger partial charge in [-0.2, -0.15) is 0 Å². The van der Waals surface area contributed by atoms with E-state index >= 15 is 0 Å². The number of benzene rings is 3. The van der Waals surface area contributed by atoms with Crippen molar-refractivity contribution in [3.05, 3.63) is 103 Å². The van der Waals surface area contributed by atoms with Gasteiger partial charge in [0.15, 0.2) is 0 Å². The maximum Gasteiger partial charge on any atom is 0.274 e. The molecule has 0 aliphatic carbocycles. The van der Waals surface area contributed by atoms with Crippen LogP contribution in [0.1, 0.15) is 10.5 Å². The highest BCUT2D eigenvalue weighted by Gasteiger charge is 2.10. The normalized spacial score (nSPS) is 10.4. The number of aromatic nitrogens is 1. The molecule has 1 amide bonds. The first-order valence-corrected chi connectivity index (χ1v) is 9.31. The molecule has 29 heavy (non-hydrogen) atoms. The van der Waals surface area contributed by atoms with E-state index < -0.39 is 0 Å². The van der Waals surface area contributed by atoms with Crippen LogP contribution in [0.2, 0.25) is 0 Å². The van der Waals surface area contributed by atoms with Gasteiger partial charge in [0.05, 0.1) is 12.8 Å². The lowest BCUT2D eigenvalue weighted by molar-refractivity contribution is 0.102. The number of amides is 1. The maximum absolute atomic E-state index is 12.6. The molecular formula is C25H20N2O2. The highest BCUT2D eigenvalue weighted by molar-refractivity contribution is 6.03. The van der Waals surface area contributed by atoms with Crippen LogP contribution >= 0.6 is 0 Å². The number of rotatable bonds is 5. The molecule has 0 fully saturated rings. The molecule has 4 aromatic rings. The minimum atomic E-state index is -0.252. The van der Waals surface area contributed by atoms with Crippen molar-refractivity contribution in [3.8, 4) is 28.1 Å². The molecule has 1 heterocycles. The summed E-state index contributed by atoms with van der Waals surface area (Å²) < 4.78 is 5.14. The second-order valence-electron chi connectivity index (χ2n) is 6.53. The van der Waals surface area contributed by atoms with Crippen molar-refractivity contribution in [3.63, 3.8) is 0 Å². The zero-order chi connectivity index (χ0) is 20.1. The van der Waals surface area contributed by atoms with Crippen molar-refractivity contribution in [2.24, 2.45) is 0 Å². The SMILES string of the molecule is COc1ccc(NC(=O)c2cccc(-c3ccc(-c4ccccc4)cc3)n2)cc1. The van der Waals surface area contributed by atoms with Crippen LogP contribution in [0, 0.1) is 0 Å². The summed E-state index contributed by atoms with van der Waals surface area (Å²) in [4.78, 5) is 17.1. The second kappa shape index (κ2) is 8.40. The van der Waals surface area contributed by atoms with Gasteiger partial charge in [0, 0.05) is 11.3 Å². The summed E-state index contributed by atoms with van der Waals surface area (Å²) in [7, 11) is 1.61. The highest BCUT2D eigenvalue weighted by Crippen LogP contribution is 2.24. The summed E-state index contributed by atoms with van der Waals surface area (Å²) >= 11 is 0. The van der Waals surface area contributed by atoms with E-state index in [4.69, 9.17) is 4.74 Å². The Morgan fingerprint density at radius 1 is 0.724 bits per heavy atom. The second-order valence-corrected chi connectivity index (χ2v) is 6.53. The Labute approximate surface area is 169 Å². The molecular weight excluding hydrogens is 360 g/mol. The van der Waals surface area contributed by atoms with Crippen molar-refractivity contribution in [1.82, 2.24) is 4.98 Å². The van der Waals surface area contributed by atoms with Crippen LogP contribution in [0.3, 0.4) is 0 Å². The predicted octanol–water partition coefficient (Wildman–Crippen LogP) is 5.68. The minimum Gasteiger partial charge on any atom is -0.497 e. The van der Waals surface area contributed by atoms with E-state index in [-0.39, 0.29) is 5.91 Å². The van der Waals surface area contributed by atoms with Crippen LogP contribution in [0.25, 0.3) is 22.4 Å². The lowest BCUT2D eigenvalue weighted by Gasteiger charge is -2.08. The average molecular weight is 380 g/mol. The highest BCUT2D eigenvalue weighted by atomic mass is 16.5. The quantitative estimate of drug-likeness (QED) is 0.485. The average Bonchev–Trinajstić information content (AvgIpc) is 2.80. The van der Waals surface area contributed by atoms with Crippen molar-refractivity contribution >= 4 is 11.6 Å². The summed E-state index contributed by atoms with van der Waals surface area (Å²) in [6, 6.07) is 31.0. The molecule has 142 valence electrons. The number of nitrogens with one attached hydrogen (secondary N) is 1. The van der Waals surface area contributed by atoms with Gasteiger partial charge < -0.3 is 10.1 Å². The van der Waals surface area contributed by atoms with Gasteiger partial charge in [-0.3, -0.25) is 4.79 Å². The summed E-state index contributed by atoms with van der Waals surface area (Å²) in [5, 5.41) is 2.86. The Balaban J connectivity index is 1.52. The number of anilines is 1. The number of hydrogen-bond donors (Lipinski definition) is 1. The first-order valence-electron chi connectivity index (χ1n) is 9.31. The number of hydrogen-bond acceptors (Lipinski definition) is 3. The zero-order valence-electron chi connectivity index (χ0n) is 16.0. The van der Waals surface area contributed by atoms with Crippen molar-refractivity contribution < 1.29 is 9.53 Å². The zero-order valence-corrected chi connectivity index (χ0v) is 16.0. The molecule has 0 aliphatic rings. The smallest absolute Gasteiger partial charge is 0.274 e. The third-order valence-corrected chi connectivity index (χ3v) is 4.62. The lowest BCUT2D eigenvalue weighted by Crippen LogP contribution is -2.13. The third kappa shape index (κ3) is 4.33. The van der Waals surface area contributed by atoms with Crippen molar-refractivity contribution in [1.29, 1.82) is 0 Å². The summed E-state index contributed by atoms with van der Waals surface area (Å²) in [6.07, 6.45) is 0. The number of carbonyl (C=O) groups excluding carboxylic acids is 1. The monoisotopic (exact) mass is 380 g/mol. The van der Waals surface area contributed by atoms with Crippen LogP contribution in [0.15, 0.2) is 97.1 Å². The number of nitrogens with zero attached hydrogens (tertiary/aromatic N) is 1. The fraction of sp³-hybridized carbons (Fsp3) is 0.0400. The lowest BCUT2D eigenvalue weighted by atomic mass is 10.0. The van der Waals surface area contributed by atoms with Gasteiger partial charge >= 0.3 is 0 Å². The van der Waals surface area contributed by atoms with Crippen molar-refractivity contribution in [2.75, 3.05) is 12.4 Å². The summed E-state index contributed by atoms with van der Waals surface area (Å²) in [5.41, 5.74) is 5.08. The number of methoxy groups -OCH3 is 1. The van der Waals surface area contributed by atoms with Gasteiger partial charge in [0.2, 0.25) is 0 Å². The molecule has 4 rings (SSSR count). The van der Waals surface area contributed by atoms with E-state index in [1.54, 1.807) is 37.4 Å². The Bertz CT molecular complexity index is 1110. The molecule has 0 atom stereocenters. The molecule has 1 aromatic heterocycles. The van der Waals surface area contributed by atoms with Gasteiger partial charge in [-0.1, -0.05) is 60.7 Å². The van der Waals surface area contributed by atoms with Crippen LogP contribution in [0.5, 0.6) is 5.75 Å². The third-order valence-electron chi connectivity index (χ3n) is 4.62. The largest absolute Gasteiger partial charge is 0.497 e. The topological polar surface area (TPSA) is 51.2 Å². The van der Waals surface area contributed by atoms with Gasteiger partial charge in [0.1, 0.15) is 11.4 Å². The molecule has 4 heteroatoms. The van der Waals surface area contributed by atoms with Crippen LogP contribution in [-0.4, -0.2) is 18.0 Å². The van der Waals surface area contributed by atoms with E-state index in [9.17, 15) is 4.79 Å². The van der Waals surface area contributed by atoms with Gasteiger partial charge in [-0.15, -0.1) is 0 Å². The fourth-order valence-corrected chi connectivity index (χ4v) is 3.06. The Hall–Kier alpha value is -3.92. The number of ether oxygens (including phenoxy) is 1. The first kappa shape index (κ1) is 18.4. The van der Waals surface area contributed by atoms with E-state index in [1.807, 2.05) is 42.5 Å². The summed E-state index contributed by atoms with van der Waals surface area (Å²) in [6.45, 7) is 0. The molecule has 1 N–H and O–H groups in total. The number of carbonyl (C=O) groups is 1. The van der Waals surface area contributed by atoms with Crippen LogP contribution < -0.4 is 10.1 Å². The Morgan fingerprint density at radius 2 is 1.38 bits per heavy atom. The van der Waals surface area contributed by atoms with E-state index in [2.05, 4.69) is 34.6 Å². The Morgan fingerprint density at radius 3 is 2.07 bits per heavy atom. The standard InChI is InChI=1S/C25H20N2O2/c1-29-22-16-14-21(15-17-22)26-25(28)24-9-5-8-23(27-24)20-12-10-19(11-13-20)18-6-3-2-4-7-18/h2-17H,1H3,(H,26,28).